The molecule has 0 spiro atoms. The van der Waals surface area contributed by atoms with Crippen molar-refractivity contribution in [3.05, 3.63) is 76.6 Å². The van der Waals surface area contributed by atoms with Gasteiger partial charge in [-0.15, -0.1) is 16.9 Å². The third-order valence-electron chi connectivity index (χ3n) is 4.02. The van der Waals surface area contributed by atoms with Crippen molar-refractivity contribution in [3.63, 3.8) is 0 Å². The van der Waals surface area contributed by atoms with Crippen LogP contribution in [0.1, 0.15) is 21.7 Å². The maximum atomic E-state index is 12.7. The fourth-order valence-corrected chi connectivity index (χ4v) is 3.70. The maximum absolute atomic E-state index is 12.7. The average molecular weight is 455 g/mol. The van der Waals surface area contributed by atoms with Gasteiger partial charge in [0.05, 0.1) is 11.9 Å². The van der Waals surface area contributed by atoms with Gasteiger partial charge < -0.3 is 5.73 Å². The van der Waals surface area contributed by atoms with Crippen molar-refractivity contribution < 1.29 is 9.42 Å². The molecule has 156 valence electrons. The maximum Gasteiger partial charge on any atom is 0.293 e. The number of halogens is 1. The first-order valence-corrected chi connectivity index (χ1v) is 10.3. The summed E-state index contributed by atoms with van der Waals surface area (Å²) in [4.78, 5) is 13.7. The molecule has 12 heteroatoms. The number of hydrazone groups is 1. The molecule has 0 radical (unpaired) electrons. The highest BCUT2D eigenvalue weighted by Crippen LogP contribution is 2.25. The molecule has 3 N–H and O–H groups in total. The number of nitrogens with two attached hydrogens (primary N) is 1. The fourth-order valence-electron chi connectivity index (χ4n) is 2.59. The number of aromatic nitrogens is 5. The van der Waals surface area contributed by atoms with E-state index in [1.165, 1.54) is 22.7 Å². The van der Waals surface area contributed by atoms with Gasteiger partial charge in [-0.25, -0.2) is 10.1 Å². The zero-order valence-electron chi connectivity index (χ0n) is 15.8. The predicted molar refractivity (Wildman–Crippen MR) is 116 cm³/mol. The summed E-state index contributed by atoms with van der Waals surface area (Å²) in [6.07, 6.45) is 1.48. The van der Waals surface area contributed by atoms with Crippen molar-refractivity contribution in [1.29, 1.82) is 0 Å². The highest BCUT2D eigenvalue weighted by atomic mass is 35.5. The molecule has 0 saturated carbocycles. The van der Waals surface area contributed by atoms with Crippen LogP contribution in [0.4, 0.5) is 5.82 Å². The number of carbonyl (C=O) groups is 1. The Morgan fingerprint density at radius 1 is 1.23 bits per heavy atom. The molecule has 0 aliphatic rings. The van der Waals surface area contributed by atoms with Crippen LogP contribution in [0.2, 0.25) is 5.02 Å². The monoisotopic (exact) mass is 454 g/mol. The van der Waals surface area contributed by atoms with Crippen molar-refractivity contribution in [2.45, 2.75) is 10.6 Å². The molecule has 2 heterocycles. The standard InChI is InChI=1S/C19H15ClN8O2S/c20-13-6-4-5-12(9-13)10-22-24-19(29)16-15(11-31-14-7-2-1-3-8-14)28(27-23-16)18-17(21)25-30-26-18/h1-10H,11H2,(H2,21,25)(H,24,29)/b22-10+. The molecule has 10 nitrogen and oxygen atoms in total. The molecule has 2 aromatic heterocycles. The molecule has 0 aliphatic heterocycles. The first-order valence-electron chi connectivity index (χ1n) is 8.91. The number of benzene rings is 2. The van der Waals surface area contributed by atoms with Crippen LogP contribution in [0.5, 0.6) is 0 Å². The lowest BCUT2D eigenvalue weighted by molar-refractivity contribution is 0.0949. The van der Waals surface area contributed by atoms with Crippen molar-refractivity contribution in [2.75, 3.05) is 5.73 Å². The van der Waals surface area contributed by atoms with Gasteiger partial charge in [0, 0.05) is 15.7 Å². The van der Waals surface area contributed by atoms with E-state index < -0.39 is 5.91 Å². The van der Waals surface area contributed by atoms with Gasteiger partial charge in [-0.1, -0.05) is 47.1 Å². The molecule has 4 aromatic rings. The van der Waals surface area contributed by atoms with Crippen molar-refractivity contribution >= 4 is 41.3 Å². The number of thioether (sulfide) groups is 1. The van der Waals surface area contributed by atoms with Gasteiger partial charge in [0.15, 0.2) is 5.69 Å². The molecule has 31 heavy (non-hydrogen) atoms. The van der Waals surface area contributed by atoms with E-state index in [2.05, 4.69) is 35.8 Å². The highest BCUT2D eigenvalue weighted by molar-refractivity contribution is 7.98. The van der Waals surface area contributed by atoms with Crippen molar-refractivity contribution in [2.24, 2.45) is 5.10 Å². The number of carbonyl (C=O) groups excluding carboxylic acids is 1. The summed E-state index contributed by atoms with van der Waals surface area (Å²) < 4.78 is 5.99. The highest BCUT2D eigenvalue weighted by Gasteiger charge is 2.24. The van der Waals surface area contributed by atoms with Crippen LogP contribution in [0.15, 0.2) is 69.2 Å². The molecule has 0 saturated heterocycles. The smallest absolute Gasteiger partial charge is 0.293 e. The minimum atomic E-state index is -0.539. The number of anilines is 1. The number of nitrogens with one attached hydrogen (secondary N) is 1. The summed E-state index contributed by atoms with van der Waals surface area (Å²) in [5.74, 6) is 0.00650. The molecule has 0 fully saturated rings. The number of nitrogen functional groups attached to an aromatic ring is 1. The molecular weight excluding hydrogens is 440 g/mol. The molecule has 0 bridgehead atoms. The zero-order chi connectivity index (χ0) is 21.6. The van der Waals surface area contributed by atoms with Gasteiger partial charge in [0.2, 0.25) is 11.6 Å². The van der Waals surface area contributed by atoms with Crippen molar-refractivity contribution in [3.8, 4) is 5.82 Å². The Labute approximate surface area is 185 Å². The first kappa shape index (κ1) is 20.6. The number of rotatable bonds is 7. The Bertz CT molecular complexity index is 1220. The van der Waals surface area contributed by atoms with Crippen LogP contribution in [-0.4, -0.2) is 37.4 Å². The van der Waals surface area contributed by atoms with E-state index in [4.69, 9.17) is 17.3 Å². The lowest BCUT2D eigenvalue weighted by Gasteiger charge is -2.05. The van der Waals surface area contributed by atoms with Crippen LogP contribution in [0, 0.1) is 0 Å². The quantitative estimate of drug-likeness (QED) is 0.247. The van der Waals surface area contributed by atoms with Gasteiger partial charge in [0.25, 0.3) is 5.91 Å². The molecule has 0 atom stereocenters. The Kier molecular flexibility index (Phi) is 6.24. The van der Waals surface area contributed by atoms with E-state index in [-0.39, 0.29) is 17.3 Å². The zero-order valence-corrected chi connectivity index (χ0v) is 17.4. The Hall–Kier alpha value is -3.70. The summed E-state index contributed by atoms with van der Waals surface area (Å²) in [6.45, 7) is 0. The fraction of sp³-hybridized carbons (Fsp3) is 0.0526. The lowest BCUT2D eigenvalue weighted by Crippen LogP contribution is -2.20. The normalized spacial score (nSPS) is 11.1. The van der Waals surface area contributed by atoms with Gasteiger partial charge in [-0.3, -0.25) is 4.79 Å². The van der Waals surface area contributed by atoms with Crippen LogP contribution in [0.3, 0.4) is 0 Å². The van der Waals surface area contributed by atoms with E-state index in [9.17, 15) is 4.79 Å². The molecule has 0 unspecified atom stereocenters. The molecule has 2 aromatic carbocycles. The topological polar surface area (TPSA) is 137 Å². The second-order valence-corrected chi connectivity index (χ2v) is 7.61. The summed E-state index contributed by atoms with van der Waals surface area (Å²) in [7, 11) is 0. The molecule has 1 amide bonds. The SMILES string of the molecule is Nc1nonc1-n1nnc(C(=O)N/N=C/c2cccc(Cl)c2)c1CSc1ccccc1. The average Bonchev–Trinajstić information content (AvgIpc) is 3.38. The minimum absolute atomic E-state index is 0.0294. The van der Waals surface area contributed by atoms with Gasteiger partial charge in [-0.05, 0) is 40.1 Å². The van der Waals surface area contributed by atoms with Crippen LogP contribution in [0.25, 0.3) is 5.82 Å². The molecular formula is C19H15ClN8O2S. The Morgan fingerprint density at radius 2 is 2.06 bits per heavy atom. The van der Waals surface area contributed by atoms with Crippen LogP contribution >= 0.6 is 23.4 Å². The number of nitrogens with zero attached hydrogens (tertiary/aromatic N) is 6. The van der Waals surface area contributed by atoms with E-state index in [0.717, 1.165) is 10.5 Å². The van der Waals surface area contributed by atoms with E-state index in [1.54, 1.807) is 24.3 Å². The summed E-state index contributed by atoms with van der Waals surface area (Å²) in [5, 5.41) is 19.8. The number of hydrogen-bond donors (Lipinski definition) is 2. The number of hydrogen-bond acceptors (Lipinski definition) is 9. The van der Waals surface area contributed by atoms with Gasteiger partial charge in [-0.2, -0.15) is 9.78 Å². The lowest BCUT2D eigenvalue weighted by atomic mass is 10.2. The Balaban J connectivity index is 1.58. The first-order chi connectivity index (χ1) is 15.1. The number of amides is 1. The Morgan fingerprint density at radius 3 is 2.81 bits per heavy atom. The third-order valence-corrected chi connectivity index (χ3v) is 5.28. The summed E-state index contributed by atoms with van der Waals surface area (Å²) >= 11 is 7.45. The second-order valence-electron chi connectivity index (χ2n) is 6.13. The second kappa shape index (κ2) is 9.41. The molecule has 0 aliphatic carbocycles. The minimum Gasteiger partial charge on any atom is -0.378 e. The summed E-state index contributed by atoms with van der Waals surface area (Å²) in [6, 6.07) is 16.7. The van der Waals surface area contributed by atoms with Crippen molar-refractivity contribution in [1.82, 2.24) is 30.7 Å². The van der Waals surface area contributed by atoms with Crippen LogP contribution in [-0.2, 0) is 5.75 Å². The van der Waals surface area contributed by atoms with Gasteiger partial charge >= 0.3 is 0 Å². The summed E-state index contributed by atoms with van der Waals surface area (Å²) in [5.41, 5.74) is 9.52. The molecule has 4 rings (SSSR count). The predicted octanol–water partition coefficient (Wildman–Crippen LogP) is 2.94. The van der Waals surface area contributed by atoms with Crippen LogP contribution < -0.4 is 11.2 Å². The third kappa shape index (κ3) is 4.90. The van der Waals surface area contributed by atoms with E-state index in [0.29, 0.717) is 16.5 Å². The van der Waals surface area contributed by atoms with Gasteiger partial charge in [0.1, 0.15) is 0 Å². The van der Waals surface area contributed by atoms with E-state index in [1.807, 2.05) is 30.3 Å². The largest absolute Gasteiger partial charge is 0.378 e. The van der Waals surface area contributed by atoms with E-state index >= 15 is 0 Å².